The van der Waals surface area contributed by atoms with Crippen molar-refractivity contribution >= 4 is 0 Å². The van der Waals surface area contributed by atoms with Gasteiger partial charge in [-0.2, -0.15) is 0 Å². The van der Waals surface area contributed by atoms with Crippen LogP contribution in [0.3, 0.4) is 0 Å². The van der Waals surface area contributed by atoms with E-state index in [1.165, 1.54) is 51.4 Å². The third-order valence-electron chi connectivity index (χ3n) is 3.43. The van der Waals surface area contributed by atoms with Crippen molar-refractivity contribution in [2.75, 3.05) is 0 Å². The minimum Gasteiger partial charge on any atom is -0.0530 e. The van der Waals surface area contributed by atoms with Crippen LogP contribution in [-0.4, -0.2) is 0 Å². The summed E-state index contributed by atoms with van der Waals surface area (Å²) in [5.74, 6) is 2.10. The first-order chi connectivity index (χ1) is 5.45. The molecule has 0 aromatic rings. The van der Waals surface area contributed by atoms with Gasteiger partial charge in [-0.15, -0.1) is 0 Å². The van der Waals surface area contributed by atoms with Crippen molar-refractivity contribution in [2.45, 2.75) is 51.4 Å². The molecule has 0 aromatic carbocycles. The minimum absolute atomic E-state index is 1.01. The molecule has 11 heavy (non-hydrogen) atoms. The zero-order chi connectivity index (χ0) is 7.52. The van der Waals surface area contributed by atoms with E-state index in [2.05, 4.69) is 6.42 Å². The molecule has 0 N–H and O–H groups in total. The highest BCUT2D eigenvalue weighted by Gasteiger charge is 2.20. The van der Waals surface area contributed by atoms with Gasteiger partial charge in [0.2, 0.25) is 0 Å². The Bertz CT molecular complexity index is 107. The van der Waals surface area contributed by atoms with Crippen LogP contribution in [0.1, 0.15) is 51.4 Å². The quantitative estimate of drug-likeness (QED) is 0.578. The topological polar surface area (TPSA) is 0 Å². The van der Waals surface area contributed by atoms with Gasteiger partial charge in [0.05, 0.1) is 0 Å². The maximum absolute atomic E-state index is 2.62. The Morgan fingerprint density at radius 3 is 2.18 bits per heavy atom. The summed E-state index contributed by atoms with van der Waals surface area (Å²) in [7, 11) is 0. The molecule has 2 fully saturated rings. The van der Waals surface area contributed by atoms with E-state index in [0.717, 1.165) is 11.8 Å². The predicted molar refractivity (Wildman–Crippen MR) is 48.2 cm³/mol. The summed E-state index contributed by atoms with van der Waals surface area (Å²) < 4.78 is 0. The van der Waals surface area contributed by atoms with Crippen molar-refractivity contribution in [3.05, 3.63) is 6.42 Å². The maximum atomic E-state index is 2.62. The summed E-state index contributed by atoms with van der Waals surface area (Å²) in [6.45, 7) is 0. The standard InChI is InChI=1S/C11H19/c1-2-5-10(4-1)8-9-11-6-3-7-11/h8,10-11H,1-7,9H2. The van der Waals surface area contributed by atoms with E-state index in [0.29, 0.717) is 0 Å². The molecule has 0 atom stereocenters. The number of hydrogen-bond donors (Lipinski definition) is 0. The average Bonchev–Trinajstić information content (AvgIpc) is 2.36. The average molecular weight is 151 g/mol. The van der Waals surface area contributed by atoms with Gasteiger partial charge in [-0.05, 0) is 24.7 Å². The van der Waals surface area contributed by atoms with Crippen molar-refractivity contribution < 1.29 is 0 Å². The van der Waals surface area contributed by atoms with Crippen LogP contribution in [0.5, 0.6) is 0 Å². The van der Waals surface area contributed by atoms with Crippen LogP contribution >= 0.6 is 0 Å². The number of hydrogen-bond acceptors (Lipinski definition) is 0. The maximum Gasteiger partial charge on any atom is -0.0352 e. The van der Waals surface area contributed by atoms with Gasteiger partial charge in [0.1, 0.15) is 0 Å². The van der Waals surface area contributed by atoms with Gasteiger partial charge in [0, 0.05) is 0 Å². The van der Waals surface area contributed by atoms with Crippen LogP contribution in [0.4, 0.5) is 0 Å². The van der Waals surface area contributed by atoms with Crippen molar-refractivity contribution in [2.24, 2.45) is 11.8 Å². The zero-order valence-electron chi connectivity index (χ0n) is 7.39. The van der Waals surface area contributed by atoms with Crippen LogP contribution in [-0.2, 0) is 0 Å². The Kier molecular flexibility index (Phi) is 2.50. The summed E-state index contributed by atoms with van der Waals surface area (Å²) in [6, 6.07) is 0. The molecule has 63 valence electrons. The minimum atomic E-state index is 1.01. The molecule has 2 aliphatic carbocycles. The highest BCUT2D eigenvalue weighted by Crippen LogP contribution is 2.35. The first-order valence-electron chi connectivity index (χ1n) is 5.28. The van der Waals surface area contributed by atoms with E-state index in [9.17, 15) is 0 Å². The number of rotatable bonds is 3. The van der Waals surface area contributed by atoms with Gasteiger partial charge >= 0.3 is 0 Å². The molecule has 0 saturated heterocycles. The Hall–Kier alpha value is 0. The largest absolute Gasteiger partial charge is 0.0530 e. The van der Waals surface area contributed by atoms with Crippen molar-refractivity contribution in [1.29, 1.82) is 0 Å². The monoisotopic (exact) mass is 151 g/mol. The summed E-state index contributed by atoms with van der Waals surface area (Å²) >= 11 is 0. The first kappa shape index (κ1) is 7.64. The second kappa shape index (κ2) is 3.60. The Morgan fingerprint density at radius 2 is 1.64 bits per heavy atom. The lowest BCUT2D eigenvalue weighted by atomic mass is 9.80. The Balaban J connectivity index is 1.57. The van der Waals surface area contributed by atoms with E-state index in [-0.39, 0.29) is 0 Å². The van der Waals surface area contributed by atoms with Gasteiger partial charge in [0.25, 0.3) is 0 Å². The highest BCUT2D eigenvalue weighted by atomic mass is 14.3. The molecule has 0 heterocycles. The van der Waals surface area contributed by atoms with Crippen LogP contribution in [0.2, 0.25) is 0 Å². The van der Waals surface area contributed by atoms with Crippen molar-refractivity contribution in [1.82, 2.24) is 0 Å². The molecule has 0 heteroatoms. The summed E-state index contributed by atoms with van der Waals surface area (Å²) in [6.07, 6.45) is 14.6. The van der Waals surface area contributed by atoms with E-state index >= 15 is 0 Å². The summed E-state index contributed by atoms with van der Waals surface area (Å²) in [5, 5.41) is 0. The van der Waals surface area contributed by atoms with E-state index < -0.39 is 0 Å². The second-order valence-electron chi connectivity index (χ2n) is 4.31. The third-order valence-corrected chi connectivity index (χ3v) is 3.43. The Morgan fingerprint density at radius 1 is 0.909 bits per heavy atom. The molecule has 0 bridgehead atoms. The molecule has 0 aromatic heterocycles. The molecule has 0 spiro atoms. The van der Waals surface area contributed by atoms with Crippen LogP contribution in [0, 0.1) is 18.3 Å². The fourth-order valence-corrected chi connectivity index (χ4v) is 2.31. The van der Waals surface area contributed by atoms with Crippen molar-refractivity contribution in [3.8, 4) is 0 Å². The van der Waals surface area contributed by atoms with Crippen LogP contribution < -0.4 is 0 Å². The van der Waals surface area contributed by atoms with Crippen molar-refractivity contribution in [3.63, 3.8) is 0 Å². The molecule has 0 amide bonds. The molecule has 1 radical (unpaired) electrons. The lowest BCUT2D eigenvalue weighted by molar-refractivity contribution is 0.302. The summed E-state index contributed by atoms with van der Waals surface area (Å²) in [4.78, 5) is 0. The molecule has 0 aliphatic heterocycles. The van der Waals surface area contributed by atoms with Crippen LogP contribution in [0.15, 0.2) is 0 Å². The first-order valence-corrected chi connectivity index (χ1v) is 5.28. The summed E-state index contributed by atoms with van der Waals surface area (Å²) in [5.41, 5.74) is 0. The SMILES string of the molecule is [CH](CC1CCC1)C1CCCC1. The lowest BCUT2D eigenvalue weighted by Crippen LogP contribution is -2.12. The van der Waals surface area contributed by atoms with Gasteiger partial charge in [-0.3, -0.25) is 0 Å². The second-order valence-corrected chi connectivity index (χ2v) is 4.31. The normalized spacial score (nSPS) is 27.3. The smallest absolute Gasteiger partial charge is 0.0352 e. The van der Waals surface area contributed by atoms with Gasteiger partial charge in [-0.1, -0.05) is 44.9 Å². The fraction of sp³-hybridized carbons (Fsp3) is 0.909. The van der Waals surface area contributed by atoms with Gasteiger partial charge in [0.15, 0.2) is 0 Å². The van der Waals surface area contributed by atoms with Gasteiger partial charge in [-0.25, -0.2) is 0 Å². The predicted octanol–water partition coefficient (Wildman–Crippen LogP) is 3.57. The van der Waals surface area contributed by atoms with E-state index in [1.54, 1.807) is 0 Å². The van der Waals surface area contributed by atoms with Crippen LogP contribution in [0.25, 0.3) is 0 Å². The molecule has 2 aliphatic rings. The Labute approximate surface area is 70.4 Å². The third kappa shape index (κ3) is 1.98. The zero-order valence-corrected chi connectivity index (χ0v) is 7.39. The fourth-order valence-electron chi connectivity index (χ4n) is 2.31. The molecular formula is C11H19. The van der Waals surface area contributed by atoms with Gasteiger partial charge < -0.3 is 0 Å². The van der Waals surface area contributed by atoms with E-state index in [1.807, 2.05) is 0 Å². The molecule has 0 nitrogen and oxygen atoms in total. The molecule has 0 unspecified atom stereocenters. The lowest BCUT2D eigenvalue weighted by Gasteiger charge is -2.26. The highest BCUT2D eigenvalue weighted by molar-refractivity contribution is 4.85. The molecule has 2 rings (SSSR count). The van der Waals surface area contributed by atoms with E-state index in [4.69, 9.17) is 0 Å². The molecule has 2 saturated carbocycles. The molecular weight excluding hydrogens is 132 g/mol.